The van der Waals surface area contributed by atoms with Crippen LogP contribution in [0, 0.1) is 0 Å². The first-order valence-electron chi connectivity index (χ1n) is 12.3. The first-order chi connectivity index (χ1) is 17.5. The van der Waals surface area contributed by atoms with Crippen LogP contribution in [0.4, 0.5) is 10.2 Å². The summed E-state index contributed by atoms with van der Waals surface area (Å²) in [6.45, 7) is 0.551. The van der Waals surface area contributed by atoms with Crippen molar-refractivity contribution in [1.82, 2.24) is 29.5 Å². The van der Waals surface area contributed by atoms with Crippen molar-refractivity contribution in [3.05, 3.63) is 42.4 Å². The number of carbonyl (C=O) groups excluding carboxylic acids is 1. The lowest BCUT2D eigenvalue weighted by atomic mass is 10.1. The normalized spacial score (nSPS) is 24.4. The van der Waals surface area contributed by atoms with E-state index >= 15 is 0 Å². The molecule has 6 rings (SSSR count). The van der Waals surface area contributed by atoms with Crippen LogP contribution in [0.5, 0.6) is 0 Å². The van der Waals surface area contributed by atoms with Crippen LogP contribution in [0.15, 0.2) is 36.8 Å². The molecule has 4 aromatic rings. The van der Waals surface area contributed by atoms with E-state index in [2.05, 4.69) is 20.7 Å². The van der Waals surface area contributed by atoms with Crippen molar-refractivity contribution in [2.45, 2.75) is 50.0 Å². The van der Waals surface area contributed by atoms with E-state index < -0.39 is 12.3 Å². The summed E-state index contributed by atoms with van der Waals surface area (Å²) in [4.78, 5) is 22.5. The molecule has 0 aromatic carbocycles. The zero-order chi connectivity index (χ0) is 24.8. The van der Waals surface area contributed by atoms with Crippen LogP contribution in [-0.4, -0.2) is 73.7 Å². The number of nitrogens with zero attached hydrogens (tertiary/aromatic N) is 5. The molecule has 36 heavy (non-hydrogen) atoms. The van der Waals surface area contributed by atoms with E-state index in [4.69, 9.17) is 9.72 Å². The van der Waals surface area contributed by atoms with Crippen molar-refractivity contribution in [3.63, 3.8) is 0 Å². The topological polar surface area (TPSA) is 119 Å². The smallest absolute Gasteiger partial charge is 0.257 e. The molecule has 0 radical (unpaired) electrons. The van der Waals surface area contributed by atoms with Crippen molar-refractivity contribution in [1.29, 1.82) is 0 Å². The largest absolute Gasteiger partial charge is 0.391 e. The number of ether oxygens (including phenoxy) is 1. The Bertz CT molecular complexity index is 1430. The fraction of sp³-hybridized carbons (Fsp3) is 0.440. The molecular weight excluding hydrogens is 465 g/mol. The molecule has 0 spiro atoms. The summed E-state index contributed by atoms with van der Waals surface area (Å²) in [5.41, 5.74) is 2.79. The summed E-state index contributed by atoms with van der Waals surface area (Å²) < 4.78 is 23.6. The van der Waals surface area contributed by atoms with Crippen LogP contribution in [0.25, 0.3) is 27.9 Å². The molecule has 11 heteroatoms. The second-order valence-electron chi connectivity index (χ2n) is 9.42. The van der Waals surface area contributed by atoms with Gasteiger partial charge in [-0.25, -0.2) is 14.4 Å². The van der Waals surface area contributed by atoms with Crippen LogP contribution in [0.3, 0.4) is 0 Å². The highest BCUT2D eigenvalue weighted by molar-refractivity contribution is 6.01. The number of fused-ring (bicyclic) bond motifs is 2. The Morgan fingerprint density at radius 2 is 2.17 bits per heavy atom. The lowest BCUT2D eigenvalue weighted by Crippen LogP contribution is -2.39. The van der Waals surface area contributed by atoms with Gasteiger partial charge in [0.2, 0.25) is 0 Å². The van der Waals surface area contributed by atoms with Crippen LogP contribution in [0.2, 0.25) is 0 Å². The average Bonchev–Trinajstić information content (AvgIpc) is 3.61. The number of halogens is 1. The number of hydrogen-bond donors (Lipinski definition) is 3. The molecule has 1 aliphatic carbocycles. The number of anilines is 1. The predicted molar refractivity (Wildman–Crippen MR) is 132 cm³/mol. The number of amides is 1. The molecule has 1 amide bonds. The molecule has 2 aliphatic rings. The molecular formula is C25H28FN7O3. The Balaban J connectivity index is 1.46. The van der Waals surface area contributed by atoms with E-state index in [1.54, 1.807) is 17.8 Å². The SMILES string of the molecule is CNc1cc(-c2cn([C@H]3CCOC[C@@H]3F)c3ncccc23)nc2c(C(=O)NC3CCC[C@H]3O)cnn12. The number of aliphatic hydroxyl groups excluding tert-OH is 1. The fourth-order valence-electron chi connectivity index (χ4n) is 5.34. The fourth-order valence-corrected chi connectivity index (χ4v) is 5.34. The predicted octanol–water partition coefficient (Wildman–Crippen LogP) is 2.73. The number of carbonyl (C=O) groups is 1. The van der Waals surface area contributed by atoms with Gasteiger partial charge in [-0.05, 0) is 37.8 Å². The second-order valence-corrected chi connectivity index (χ2v) is 9.42. The van der Waals surface area contributed by atoms with Gasteiger partial charge in [0.15, 0.2) is 5.65 Å². The zero-order valence-electron chi connectivity index (χ0n) is 19.9. The minimum Gasteiger partial charge on any atom is -0.391 e. The molecule has 4 atom stereocenters. The first kappa shape index (κ1) is 22.9. The first-order valence-corrected chi connectivity index (χ1v) is 12.3. The van der Waals surface area contributed by atoms with Crippen LogP contribution < -0.4 is 10.6 Å². The maximum Gasteiger partial charge on any atom is 0.257 e. The molecule has 1 saturated carbocycles. The summed E-state index contributed by atoms with van der Waals surface area (Å²) >= 11 is 0. The minimum atomic E-state index is -1.14. The third-order valence-corrected chi connectivity index (χ3v) is 7.24. The highest BCUT2D eigenvalue weighted by Gasteiger charge is 2.31. The molecule has 1 saturated heterocycles. The maximum absolute atomic E-state index is 14.8. The highest BCUT2D eigenvalue weighted by atomic mass is 19.1. The lowest BCUT2D eigenvalue weighted by Gasteiger charge is -2.27. The monoisotopic (exact) mass is 493 g/mol. The number of aromatic nitrogens is 5. The molecule has 5 heterocycles. The van der Waals surface area contributed by atoms with E-state index in [9.17, 15) is 14.3 Å². The Hall–Kier alpha value is -3.57. The molecule has 0 bridgehead atoms. The van der Waals surface area contributed by atoms with Crippen LogP contribution >= 0.6 is 0 Å². The molecule has 2 fully saturated rings. The molecule has 3 N–H and O–H groups in total. The molecule has 4 aromatic heterocycles. The molecule has 10 nitrogen and oxygen atoms in total. The van der Waals surface area contributed by atoms with E-state index in [0.29, 0.717) is 47.8 Å². The average molecular weight is 494 g/mol. The summed E-state index contributed by atoms with van der Waals surface area (Å²) in [7, 11) is 1.77. The third-order valence-electron chi connectivity index (χ3n) is 7.24. The van der Waals surface area contributed by atoms with E-state index in [-0.39, 0.29) is 24.6 Å². The van der Waals surface area contributed by atoms with Gasteiger partial charge in [0.05, 0.1) is 36.7 Å². The summed E-state index contributed by atoms with van der Waals surface area (Å²) in [6, 6.07) is 4.97. The quantitative estimate of drug-likeness (QED) is 0.391. The van der Waals surface area contributed by atoms with E-state index in [1.165, 1.54) is 6.20 Å². The highest BCUT2D eigenvalue weighted by Crippen LogP contribution is 2.35. The number of alkyl halides is 1. The van der Waals surface area contributed by atoms with Gasteiger partial charge >= 0.3 is 0 Å². The number of aliphatic hydroxyl groups is 1. The van der Waals surface area contributed by atoms with Gasteiger partial charge in [-0.2, -0.15) is 9.61 Å². The molecule has 188 valence electrons. The Morgan fingerprint density at radius 1 is 1.28 bits per heavy atom. The van der Waals surface area contributed by atoms with Gasteiger partial charge < -0.3 is 25.0 Å². The van der Waals surface area contributed by atoms with Gasteiger partial charge in [0.25, 0.3) is 5.91 Å². The van der Waals surface area contributed by atoms with Gasteiger partial charge in [0.1, 0.15) is 23.2 Å². The van der Waals surface area contributed by atoms with Crippen molar-refractivity contribution in [2.75, 3.05) is 25.6 Å². The Kier molecular flexibility index (Phi) is 5.81. The number of rotatable bonds is 5. The van der Waals surface area contributed by atoms with Crippen molar-refractivity contribution >= 4 is 28.4 Å². The third kappa shape index (κ3) is 3.79. The summed E-state index contributed by atoms with van der Waals surface area (Å²) in [6.07, 6.45) is 6.24. The maximum atomic E-state index is 14.8. The molecule has 1 aliphatic heterocycles. The van der Waals surface area contributed by atoms with Crippen LogP contribution in [-0.2, 0) is 4.74 Å². The zero-order valence-corrected chi connectivity index (χ0v) is 19.9. The van der Waals surface area contributed by atoms with E-state index in [0.717, 1.165) is 23.8 Å². The summed E-state index contributed by atoms with van der Waals surface area (Å²) in [5.74, 6) is 0.323. The Labute approximate surface area is 206 Å². The molecule has 1 unspecified atom stereocenters. The van der Waals surface area contributed by atoms with Gasteiger partial charge in [-0.3, -0.25) is 4.79 Å². The second kappa shape index (κ2) is 9.14. The van der Waals surface area contributed by atoms with Crippen molar-refractivity contribution in [3.8, 4) is 11.3 Å². The summed E-state index contributed by atoms with van der Waals surface area (Å²) in [5, 5.41) is 21.4. The number of hydrogen-bond acceptors (Lipinski definition) is 7. The number of nitrogens with one attached hydrogen (secondary N) is 2. The Morgan fingerprint density at radius 3 is 2.94 bits per heavy atom. The lowest BCUT2D eigenvalue weighted by molar-refractivity contribution is 0.00443. The van der Waals surface area contributed by atoms with Gasteiger partial charge in [-0.1, -0.05) is 0 Å². The van der Waals surface area contributed by atoms with Crippen LogP contribution in [0.1, 0.15) is 42.1 Å². The standard InChI is InChI=1S/C25H28FN7O3/c1-27-22-10-19(30-24-15(11-29-33(22)24)25(35)31-18-5-2-6-21(18)34)16-12-32(20-7-9-36-13-17(20)26)23-14(16)4-3-8-28-23/h3-4,8,10-12,17-18,20-21,27,34H,2,5-7,9,13H2,1H3,(H,31,35)/t17-,18?,20-,21+/m0/s1. The van der Waals surface area contributed by atoms with Crippen molar-refractivity contribution < 1.29 is 19.0 Å². The van der Waals surface area contributed by atoms with E-state index in [1.807, 2.05) is 29.0 Å². The van der Waals surface area contributed by atoms with Crippen molar-refractivity contribution in [2.24, 2.45) is 0 Å². The minimum absolute atomic E-state index is 0.0601. The van der Waals surface area contributed by atoms with Gasteiger partial charge in [0, 0.05) is 43.1 Å². The van der Waals surface area contributed by atoms with Gasteiger partial charge in [-0.15, -0.1) is 0 Å². The number of pyridine rings is 1.